The summed E-state index contributed by atoms with van der Waals surface area (Å²) in [5.41, 5.74) is 3.11. The summed E-state index contributed by atoms with van der Waals surface area (Å²) in [6.07, 6.45) is 2.40. The molecule has 1 atom stereocenters. The summed E-state index contributed by atoms with van der Waals surface area (Å²) in [5, 5.41) is 18.1. The van der Waals surface area contributed by atoms with E-state index in [0.29, 0.717) is 5.92 Å². The van der Waals surface area contributed by atoms with Crippen molar-refractivity contribution in [3.63, 3.8) is 0 Å². The van der Waals surface area contributed by atoms with Crippen LogP contribution in [0.15, 0.2) is 18.2 Å². The van der Waals surface area contributed by atoms with E-state index in [1.54, 1.807) is 0 Å². The molecule has 1 aliphatic carbocycles. The molecule has 1 saturated carbocycles. The molecule has 15 heavy (non-hydrogen) atoms. The Labute approximate surface area is 90.2 Å². The van der Waals surface area contributed by atoms with Gasteiger partial charge in [0.05, 0.1) is 11.6 Å². The van der Waals surface area contributed by atoms with Crippen LogP contribution in [0, 0.1) is 11.3 Å². The van der Waals surface area contributed by atoms with E-state index in [4.69, 9.17) is 10.4 Å². The molecule has 0 aromatic heterocycles. The average Bonchev–Trinajstić information content (AvgIpc) is 3.11. The zero-order valence-electron chi connectivity index (χ0n) is 8.90. The standard InChI is InChI=1S/C13H15NO/c1-9(8-15)11-4-5-12(7-14)13(6-11)10-2-3-10/h4-6,9-10,15H,2-3,8H2,1H3. The van der Waals surface area contributed by atoms with Gasteiger partial charge in [0.2, 0.25) is 0 Å². The lowest BCUT2D eigenvalue weighted by molar-refractivity contribution is 0.273. The highest BCUT2D eigenvalue weighted by Gasteiger charge is 2.26. The molecule has 1 fully saturated rings. The van der Waals surface area contributed by atoms with E-state index in [9.17, 15) is 0 Å². The van der Waals surface area contributed by atoms with Gasteiger partial charge >= 0.3 is 0 Å². The van der Waals surface area contributed by atoms with Gasteiger partial charge in [0.1, 0.15) is 0 Å². The summed E-state index contributed by atoms with van der Waals surface area (Å²) in [6.45, 7) is 2.16. The van der Waals surface area contributed by atoms with Crippen molar-refractivity contribution in [1.29, 1.82) is 5.26 Å². The van der Waals surface area contributed by atoms with Crippen molar-refractivity contribution in [3.8, 4) is 6.07 Å². The largest absolute Gasteiger partial charge is 0.396 e. The highest BCUT2D eigenvalue weighted by molar-refractivity contribution is 5.44. The fraction of sp³-hybridized carbons (Fsp3) is 0.462. The van der Waals surface area contributed by atoms with Gasteiger partial charge in [0.25, 0.3) is 0 Å². The van der Waals surface area contributed by atoms with E-state index in [2.05, 4.69) is 12.1 Å². The second-order valence-electron chi connectivity index (χ2n) is 4.32. The Bertz CT molecular complexity index is 401. The van der Waals surface area contributed by atoms with Crippen LogP contribution in [0.25, 0.3) is 0 Å². The average molecular weight is 201 g/mol. The summed E-state index contributed by atoms with van der Waals surface area (Å²) in [5.74, 6) is 0.751. The maximum absolute atomic E-state index is 9.09. The maximum atomic E-state index is 9.09. The lowest BCUT2D eigenvalue weighted by Gasteiger charge is -2.11. The van der Waals surface area contributed by atoms with Crippen LogP contribution < -0.4 is 0 Å². The molecular formula is C13H15NO. The molecule has 0 spiro atoms. The minimum atomic E-state index is 0.162. The molecule has 0 heterocycles. The molecule has 0 bridgehead atoms. The van der Waals surface area contributed by atoms with Crippen LogP contribution in [0.4, 0.5) is 0 Å². The predicted octanol–water partition coefficient (Wildman–Crippen LogP) is 2.53. The van der Waals surface area contributed by atoms with E-state index in [0.717, 1.165) is 11.1 Å². The van der Waals surface area contributed by atoms with E-state index < -0.39 is 0 Å². The third-order valence-electron chi connectivity index (χ3n) is 3.06. The van der Waals surface area contributed by atoms with Crippen LogP contribution in [0.3, 0.4) is 0 Å². The molecular weight excluding hydrogens is 186 g/mol. The van der Waals surface area contributed by atoms with Gasteiger partial charge in [-0.1, -0.05) is 19.1 Å². The molecule has 1 aromatic rings. The molecule has 0 saturated heterocycles. The van der Waals surface area contributed by atoms with Crippen molar-refractivity contribution in [2.45, 2.75) is 31.6 Å². The molecule has 1 aliphatic rings. The van der Waals surface area contributed by atoms with E-state index >= 15 is 0 Å². The number of rotatable bonds is 3. The lowest BCUT2D eigenvalue weighted by atomic mass is 9.95. The number of nitrogens with zero attached hydrogens (tertiary/aromatic N) is 1. The zero-order chi connectivity index (χ0) is 10.8. The van der Waals surface area contributed by atoms with Gasteiger partial charge in [-0.3, -0.25) is 0 Å². The van der Waals surface area contributed by atoms with Crippen LogP contribution in [0.1, 0.15) is 48.3 Å². The normalized spacial score (nSPS) is 17.1. The van der Waals surface area contributed by atoms with Crippen molar-refractivity contribution in [2.75, 3.05) is 6.61 Å². The lowest BCUT2D eigenvalue weighted by Crippen LogP contribution is -2.00. The molecule has 78 valence electrons. The molecule has 2 heteroatoms. The molecule has 1 unspecified atom stereocenters. The van der Waals surface area contributed by atoms with Crippen molar-refractivity contribution in [3.05, 3.63) is 34.9 Å². The maximum Gasteiger partial charge on any atom is 0.0994 e. The summed E-state index contributed by atoms with van der Waals surface area (Å²) in [6, 6.07) is 8.17. The van der Waals surface area contributed by atoms with Gasteiger partial charge in [0, 0.05) is 12.5 Å². The van der Waals surface area contributed by atoms with E-state index in [1.807, 2.05) is 19.1 Å². The first kappa shape index (κ1) is 10.2. The Hall–Kier alpha value is -1.33. The third kappa shape index (κ3) is 2.03. The Morgan fingerprint density at radius 3 is 2.80 bits per heavy atom. The van der Waals surface area contributed by atoms with Crippen LogP contribution in [-0.4, -0.2) is 11.7 Å². The topological polar surface area (TPSA) is 44.0 Å². The third-order valence-corrected chi connectivity index (χ3v) is 3.06. The highest BCUT2D eigenvalue weighted by atomic mass is 16.3. The number of nitriles is 1. The molecule has 1 N–H and O–H groups in total. The monoisotopic (exact) mass is 201 g/mol. The first-order valence-corrected chi connectivity index (χ1v) is 5.41. The van der Waals surface area contributed by atoms with Gasteiger partial charge < -0.3 is 5.11 Å². The van der Waals surface area contributed by atoms with E-state index in [1.165, 1.54) is 18.4 Å². The molecule has 0 amide bonds. The first-order valence-electron chi connectivity index (χ1n) is 5.41. The van der Waals surface area contributed by atoms with Gasteiger partial charge in [-0.15, -0.1) is 0 Å². The van der Waals surface area contributed by atoms with Gasteiger partial charge in [-0.2, -0.15) is 5.26 Å². The van der Waals surface area contributed by atoms with Crippen LogP contribution in [0.5, 0.6) is 0 Å². The predicted molar refractivity (Wildman–Crippen MR) is 58.6 cm³/mol. The summed E-state index contributed by atoms with van der Waals surface area (Å²) < 4.78 is 0. The Morgan fingerprint density at radius 2 is 2.27 bits per heavy atom. The number of hydrogen-bond acceptors (Lipinski definition) is 2. The SMILES string of the molecule is CC(CO)c1ccc(C#N)c(C2CC2)c1. The Kier molecular flexibility index (Phi) is 2.75. The minimum Gasteiger partial charge on any atom is -0.396 e. The Balaban J connectivity index is 2.37. The highest BCUT2D eigenvalue weighted by Crippen LogP contribution is 2.42. The van der Waals surface area contributed by atoms with Crippen LogP contribution in [-0.2, 0) is 0 Å². The summed E-state index contributed by atoms with van der Waals surface area (Å²) >= 11 is 0. The number of hydrogen-bond donors (Lipinski definition) is 1. The Morgan fingerprint density at radius 1 is 1.53 bits per heavy atom. The van der Waals surface area contributed by atoms with Crippen molar-refractivity contribution in [2.24, 2.45) is 0 Å². The minimum absolute atomic E-state index is 0.162. The van der Waals surface area contributed by atoms with Gasteiger partial charge in [0.15, 0.2) is 0 Å². The van der Waals surface area contributed by atoms with Gasteiger partial charge in [-0.05, 0) is 36.0 Å². The smallest absolute Gasteiger partial charge is 0.0994 e. The first-order chi connectivity index (χ1) is 7.26. The van der Waals surface area contributed by atoms with Crippen LogP contribution >= 0.6 is 0 Å². The summed E-state index contributed by atoms with van der Waals surface area (Å²) in [4.78, 5) is 0. The molecule has 0 radical (unpaired) electrons. The van der Waals surface area contributed by atoms with Crippen molar-refractivity contribution < 1.29 is 5.11 Å². The number of benzene rings is 1. The second-order valence-corrected chi connectivity index (χ2v) is 4.32. The summed E-state index contributed by atoms with van der Waals surface area (Å²) in [7, 11) is 0. The van der Waals surface area contributed by atoms with Crippen LogP contribution in [0.2, 0.25) is 0 Å². The van der Waals surface area contributed by atoms with Crippen molar-refractivity contribution in [1.82, 2.24) is 0 Å². The molecule has 1 aromatic carbocycles. The zero-order valence-corrected chi connectivity index (χ0v) is 8.90. The van der Waals surface area contributed by atoms with Crippen molar-refractivity contribution >= 4 is 0 Å². The second kappa shape index (κ2) is 4.04. The fourth-order valence-corrected chi connectivity index (χ4v) is 1.83. The molecule has 0 aliphatic heterocycles. The number of aliphatic hydroxyl groups is 1. The van der Waals surface area contributed by atoms with E-state index in [-0.39, 0.29) is 12.5 Å². The number of aliphatic hydroxyl groups excluding tert-OH is 1. The molecule has 2 nitrogen and oxygen atoms in total. The fourth-order valence-electron chi connectivity index (χ4n) is 1.83. The van der Waals surface area contributed by atoms with Gasteiger partial charge in [-0.25, -0.2) is 0 Å². The quantitative estimate of drug-likeness (QED) is 0.816. The molecule has 2 rings (SSSR count).